The molecule has 6 N–H and O–H groups in total. The quantitative estimate of drug-likeness (QED) is 0.206. The molecule has 0 spiro atoms. The van der Waals surface area contributed by atoms with Crippen LogP contribution in [-0.4, -0.2) is 29.5 Å². The van der Waals surface area contributed by atoms with E-state index in [4.69, 9.17) is 37.3 Å². The number of carboxylic acid groups (broad SMARTS) is 2. The average Bonchev–Trinajstić information content (AvgIpc) is 1.59. The zero-order chi connectivity index (χ0) is 9.65. The van der Waals surface area contributed by atoms with Gasteiger partial charge < -0.3 is 26.0 Å². The smallest absolute Gasteiger partial charge is 0.543 e. The summed E-state index contributed by atoms with van der Waals surface area (Å²) in [6.45, 7) is 0. The van der Waals surface area contributed by atoms with Crippen LogP contribution in [-0.2, 0) is 20.0 Å². The number of carbonyl (C=O) groups excluding carboxylic acids is 2. The van der Waals surface area contributed by atoms with Gasteiger partial charge in [0.2, 0.25) is 0 Å². The van der Waals surface area contributed by atoms with Crippen LogP contribution in [0.25, 0.3) is 0 Å². The molecule has 74 valence electrons. The van der Waals surface area contributed by atoms with Crippen molar-refractivity contribution in [1.29, 1.82) is 0 Å². The second-order valence-electron chi connectivity index (χ2n) is 1.02. The molecular weight excluding hydrogens is 221 g/mol. The third-order valence-corrected chi connectivity index (χ3v) is 0.167. The summed E-state index contributed by atoms with van der Waals surface area (Å²) in [7, 11) is -4.67. The monoisotopic (exact) mass is 227 g/mol. The van der Waals surface area contributed by atoms with Gasteiger partial charge in [0.25, 0.3) is 0 Å². The molecule has 0 aliphatic rings. The van der Waals surface area contributed by atoms with Crippen LogP contribution in [0.15, 0.2) is 0 Å². The molecule has 0 fully saturated rings. The number of hydrogen-bond acceptors (Lipinski definition) is 6. The van der Waals surface area contributed by atoms with Gasteiger partial charge >= 0.3 is 40.0 Å². The molecule has 0 bridgehead atoms. The molecule has 0 saturated heterocycles. The van der Waals surface area contributed by atoms with Crippen molar-refractivity contribution in [2.45, 2.75) is 0 Å². The van der Waals surface area contributed by atoms with E-state index in [-0.39, 0.29) is 35.7 Å². The second kappa shape index (κ2) is 9.85. The van der Waals surface area contributed by atoms with Gasteiger partial charge in [-0.1, -0.05) is 0 Å². The zero-order valence-electron chi connectivity index (χ0n) is 6.75. The number of carbonyl (C=O) groups is 2. The Morgan fingerprint density at radius 2 is 1.08 bits per heavy atom. The summed E-state index contributed by atoms with van der Waals surface area (Å²) in [5, 5.41) is 17.9. The Hall–Kier alpha value is -0.230. The molecule has 13 heavy (non-hydrogen) atoms. The Balaban J connectivity index is -0.0000000546. The first-order valence-corrected chi connectivity index (χ1v) is 3.16. The molecule has 0 aliphatic carbocycles. The first kappa shape index (κ1) is 23.0. The van der Waals surface area contributed by atoms with Gasteiger partial charge in [-0.2, -0.15) is 8.42 Å². The number of carboxylic acids is 2. The van der Waals surface area contributed by atoms with E-state index in [0.717, 1.165) is 0 Å². The molecule has 0 atom stereocenters. The van der Waals surface area contributed by atoms with Gasteiger partial charge in [-0.05, 0) is 0 Å². The zero-order valence-corrected chi connectivity index (χ0v) is 9.57. The maximum Gasteiger partial charge on any atom is 1.00 e. The fraction of sp³-hybridized carbons (Fsp3) is 0. The molecule has 0 aromatic heterocycles. The largest absolute Gasteiger partial charge is 1.00 e. The molecule has 0 amide bonds. The second-order valence-corrected chi connectivity index (χ2v) is 1.92. The Morgan fingerprint density at radius 1 is 1.00 bits per heavy atom. The molecule has 0 unspecified atom stereocenters. The number of quaternary nitrogens is 1. The normalized spacial score (nSPS) is 7.85. The van der Waals surface area contributed by atoms with E-state index in [1.807, 2.05) is 0 Å². The average molecular weight is 227 g/mol. The summed E-state index contributed by atoms with van der Waals surface area (Å²) in [6, 6.07) is 0. The third kappa shape index (κ3) is 79.0. The summed E-state index contributed by atoms with van der Waals surface area (Å²) < 4.78 is 31.6. The number of aliphatic carboxylic acids is 2. The molecule has 0 rings (SSSR count). The van der Waals surface area contributed by atoms with Crippen LogP contribution < -0.4 is 45.9 Å². The maximum atomic E-state index is 8.93. The molecule has 0 aliphatic heterocycles. The van der Waals surface area contributed by atoms with Crippen LogP contribution in [0.4, 0.5) is 0 Å². The van der Waals surface area contributed by atoms with Crippen LogP contribution >= 0.6 is 0 Å². The van der Waals surface area contributed by atoms with Crippen molar-refractivity contribution in [2.75, 3.05) is 0 Å². The third-order valence-electron chi connectivity index (χ3n) is 0.167. The van der Waals surface area contributed by atoms with Crippen LogP contribution in [0.5, 0.6) is 0 Å². The van der Waals surface area contributed by atoms with Crippen molar-refractivity contribution >= 4 is 22.3 Å². The summed E-state index contributed by atoms with van der Waals surface area (Å²) >= 11 is 0. The fourth-order valence-electron chi connectivity index (χ4n) is 0. The van der Waals surface area contributed by atoms with Crippen molar-refractivity contribution in [3.8, 4) is 0 Å². The first-order chi connectivity index (χ1) is 4.64. The standard InChI is InChI=1S/C2H2O4.H3N.Na.H2O4S/c3-1(4)2(5)6;;;1-5(2,3)4/h(H,3,4)(H,5,6);1H3;;(H2,1,2,3,4)/q;;+1;/p-1. The Kier molecular flexibility index (Phi) is 17.4. The van der Waals surface area contributed by atoms with Gasteiger partial charge in [-0.3, -0.25) is 9.11 Å². The maximum absolute atomic E-state index is 8.93. The molecule has 11 heteroatoms. The van der Waals surface area contributed by atoms with Gasteiger partial charge in [0, 0.05) is 0 Å². The first-order valence-electron chi connectivity index (χ1n) is 1.76. The van der Waals surface area contributed by atoms with E-state index < -0.39 is 22.3 Å². The number of rotatable bonds is 0. The molecule has 0 heterocycles. The molecule has 9 nitrogen and oxygen atoms in total. The molecule has 0 aromatic rings. The van der Waals surface area contributed by atoms with Crippen molar-refractivity contribution in [3.63, 3.8) is 0 Å². The molecule has 0 aromatic carbocycles. The van der Waals surface area contributed by atoms with E-state index in [1.54, 1.807) is 0 Å². The minimum atomic E-state index is -4.67. The Labute approximate surface area is 95.2 Å². The summed E-state index contributed by atoms with van der Waals surface area (Å²) in [5.41, 5.74) is 0. The summed E-state index contributed by atoms with van der Waals surface area (Å²) in [6.07, 6.45) is 0. The minimum absolute atomic E-state index is 0. The Morgan fingerprint density at radius 3 is 1.08 bits per heavy atom. The predicted octanol–water partition coefficient (Wildman–Crippen LogP) is -6.79. The van der Waals surface area contributed by atoms with Crippen molar-refractivity contribution in [2.24, 2.45) is 0 Å². The predicted molar refractivity (Wildman–Crippen MR) is 30.2 cm³/mol. The van der Waals surface area contributed by atoms with E-state index in [0.29, 0.717) is 0 Å². The Bertz CT molecular complexity index is 225. The van der Waals surface area contributed by atoms with Crippen LogP contribution in [0.1, 0.15) is 0 Å². The molecule has 0 radical (unpaired) electrons. The van der Waals surface area contributed by atoms with Crippen LogP contribution in [0.3, 0.4) is 0 Å². The van der Waals surface area contributed by atoms with Crippen molar-refractivity contribution in [3.05, 3.63) is 0 Å². The van der Waals surface area contributed by atoms with Gasteiger partial charge in [-0.15, -0.1) is 0 Å². The summed E-state index contributed by atoms with van der Waals surface area (Å²) in [4.78, 5) is 17.9. The fourth-order valence-corrected chi connectivity index (χ4v) is 0. The van der Waals surface area contributed by atoms with Crippen molar-refractivity contribution < 1.29 is 66.9 Å². The van der Waals surface area contributed by atoms with Gasteiger partial charge in [0.05, 0.1) is 11.9 Å². The van der Waals surface area contributed by atoms with Crippen LogP contribution in [0, 0.1) is 0 Å². The van der Waals surface area contributed by atoms with Crippen molar-refractivity contribution in [1.82, 2.24) is 6.15 Å². The summed E-state index contributed by atoms with van der Waals surface area (Å²) in [5.74, 6) is -4.37. The van der Waals surface area contributed by atoms with E-state index >= 15 is 0 Å². The van der Waals surface area contributed by atoms with E-state index in [2.05, 4.69) is 0 Å². The van der Waals surface area contributed by atoms with Gasteiger partial charge in [-0.25, -0.2) is 0 Å². The van der Waals surface area contributed by atoms with Crippen LogP contribution in [0.2, 0.25) is 0 Å². The van der Waals surface area contributed by atoms with E-state index in [9.17, 15) is 0 Å². The van der Waals surface area contributed by atoms with Gasteiger partial charge in [0.15, 0.2) is 0 Å². The molecule has 0 saturated carbocycles. The SMILES string of the molecule is O=C([O-])C(=O)[O-].O=S(=O)(O)O.[NH4+].[Na+]. The minimum Gasteiger partial charge on any atom is -0.543 e. The van der Waals surface area contributed by atoms with Gasteiger partial charge in [0.1, 0.15) is 0 Å². The number of hydrogen-bond donors (Lipinski definition) is 3. The van der Waals surface area contributed by atoms with E-state index in [1.165, 1.54) is 0 Å². The topological polar surface area (TPSA) is 191 Å². The molecular formula is C2H6NNaO8S.